The zero-order valence-electron chi connectivity index (χ0n) is 17.7. The molecule has 2 aliphatic heterocycles. The predicted molar refractivity (Wildman–Crippen MR) is 122 cm³/mol. The lowest BCUT2D eigenvalue weighted by molar-refractivity contribution is -0.132. The molecule has 0 unspecified atom stereocenters. The molecule has 5 rings (SSSR count). The Hall–Kier alpha value is -2.39. The maximum atomic E-state index is 13.3. The average Bonchev–Trinajstić information content (AvgIpc) is 3.31. The number of benzene rings is 2. The summed E-state index contributed by atoms with van der Waals surface area (Å²) in [4.78, 5) is 18.2. The van der Waals surface area contributed by atoms with Gasteiger partial charge in [0, 0.05) is 43.7 Å². The van der Waals surface area contributed by atoms with Crippen molar-refractivity contribution >= 4 is 12.0 Å². The second-order valence-corrected chi connectivity index (χ2v) is 9.40. The van der Waals surface area contributed by atoms with E-state index >= 15 is 0 Å². The Labute approximate surface area is 180 Å². The van der Waals surface area contributed by atoms with Gasteiger partial charge in [0.1, 0.15) is 0 Å². The number of hydrogen-bond acceptors (Lipinski definition) is 2. The summed E-state index contributed by atoms with van der Waals surface area (Å²) in [5.41, 5.74) is 2.57. The maximum Gasteiger partial charge on any atom is 0.247 e. The molecule has 0 aromatic heterocycles. The molecule has 1 aliphatic carbocycles. The molecule has 3 nitrogen and oxygen atoms in total. The van der Waals surface area contributed by atoms with Gasteiger partial charge >= 0.3 is 0 Å². The highest BCUT2D eigenvalue weighted by Crippen LogP contribution is 2.51. The fraction of sp³-hybridized carbons (Fsp3) is 0.444. The smallest absolute Gasteiger partial charge is 0.247 e. The van der Waals surface area contributed by atoms with Crippen LogP contribution in [0.5, 0.6) is 0 Å². The first kappa shape index (κ1) is 19.6. The number of rotatable bonds is 4. The van der Waals surface area contributed by atoms with E-state index in [4.69, 9.17) is 0 Å². The van der Waals surface area contributed by atoms with Crippen LogP contribution in [0.1, 0.15) is 43.2 Å². The molecule has 0 N–H and O–H groups in total. The Balaban J connectivity index is 1.33. The third-order valence-corrected chi connectivity index (χ3v) is 7.61. The Bertz CT molecular complexity index is 886. The van der Waals surface area contributed by atoms with Crippen molar-refractivity contribution in [2.75, 3.05) is 19.6 Å². The Kier molecular flexibility index (Phi) is 5.47. The molecule has 2 atom stereocenters. The number of nitrogens with zero attached hydrogens (tertiary/aromatic N) is 2. The van der Waals surface area contributed by atoms with Crippen LogP contribution in [0.15, 0.2) is 66.7 Å². The number of hydrogen-bond donors (Lipinski definition) is 0. The lowest BCUT2D eigenvalue weighted by Gasteiger charge is -2.45. The van der Waals surface area contributed by atoms with Crippen molar-refractivity contribution in [3.63, 3.8) is 0 Å². The third kappa shape index (κ3) is 3.72. The Morgan fingerprint density at radius 3 is 2.33 bits per heavy atom. The SMILES string of the molecule is O=C(/C=C/c1ccccc1)N1C[C@H]2CN(Cc3ccccc3)C[C@H]2C12CCCCC2. The number of carbonyl (C=O) groups is 1. The first-order valence-electron chi connectivity index (χ1n) is 11.6. The van der Waals surface area contributed by atoms with Gasteiger partial charge < -0.3 is 4.90 Å². The van der Waals surface area contributed by atoms with Gasteiger partial charge in [-0.3, -0.25) is 9.69 Å². The van der Waals surface area contributed by atoms with Gasteiger partial charge in [0.2, 0.25) is 5.91 Å². The van der Waals surface area contributed by atoms with Crippen molar-refractivity contribution in [3.8, 4) is 0 Å². The number of fused-ring (bicyclic) bond motifs is 2. The molecule has 0 bridgehead atoms. The topological polar surface area (TPSA) is 23.6 Å². The van der Waals surface area contributed by atoms with E-state index < -0.39 is 0 Å². The second kappa shape index (κ2) is 8.39. The molecule has 2 saturated heterocycles. The van der Waals surface area contributed by atoms with Crippen LogP contribution < -0.4 is 0 Å². The van der Waals surface area contributed by atoms with Crippen LogP contribution in [0.25, 0.3) is 6.08 Å². The summed E-state index contributed by atoms with van der Waals surface area (Å²) in [6, 6.07) is 21.0. The van der Waals surface area contributed by atoms with Gasteiger partial charge in [0.05, 0.1) is 0 Å². The molecule has 2 heterocycles. The summed E-state index contributed by atoms with van der Waals surface area (Å²) in [6.45, 7) is 4.21. The molecule has 2 aromatic carbocycles. The van der Waals surface area contributed by atoms with E-state index in [0.29, 0.717) is 11.8 Å². The van der Waals surface area contributed by atoms with Gasteiger partial charge in [-0.2, -0.15) is 0 Å². The van der Waals surface area contributed by atoms with Crippen LogP contribution in [0.4, 0.5) is 0 Å². The van der Waals surface area contributed by atoms with Crippen LogP contribution >= 0.6 is 0 Å². The molecule has 1 spiro atoms. The molecule has 30 heavy (non-hydrogen) atoms. The molecule has 3 aliphatic rings. The van der Waals surface area contributed by atoms with E-state index in [-0.39, 0.29) is 11.4 Å². The lowest BCUT2D eigenvalue weighted by Crippen LogP contribution is -2.53. The van der Waals surface area contributed by atoms with Crippen molar-refractivity contribution in [2.45, 2.75) is 44.2 Å². The summed E-state index contributed by atoms with van der Waals surface area (Å²) < 4.78 is 0. The van der Waals surface area contributed by atoms with Crippen molar-refractivity contribution in [3.05, 3.63) is 77.9 Å². The highest BCUT2D eigenvalue weighted by Gasteiger charge is 2.57. The van der Waals surface area contributed by atoms with E-state index in [1.807, 2.05) is 30.4 Å². The van der Waals surface area contributed by atoms with Gasteiger partial charge in [0.25, 0.3) is 0 Å². The Morgan fingerprint density at radius 1 is 0.900 bits per heavy atom. The molecule has 0 radical (unpaired) electrons. The summed E-state index contributed by atoms with van der Waals surface area (Å²) >= 11 is 0. The van der Waals surface area contributed by atoms with E-state index in [1.54, 1.807) is 0 Å². The molecule has 1 amide bonds. The zero-order valence-corrected chi connectivity index (χ0v) is 17.7. The van der Waals surface area contributed by atoms with E-state index in [9.17, 15) is 4.79 Å². The van der Waals surface area contributed by atoms with Gasteiger partial charge in [-0.05, 0) is 36.0 Å². The highest BCUT2D eigenvalue weighted by atomic mass is 16.2. The largest absolute Gasteiger partial charge is 0.333 e. The molecule has 156 valence electrons. The zero-order chi connectivity index (χ0) is 20.4. The lowest BCUT2D eigenvalue weighted by atomic mass is 9.71. The second-order valence-electron chi connectivity index (χ2n) is 9.40. The summed E-state index contributed by atoms with van der Waals surface area (Å²) in [5, 5.41) is 0. The molecule has 1 saturated carbocycles. The highest BCUT2D eigenvalue weighted by molar-refractivity contribution is 5.92. The molecular formula is C27H32N2O. The molecular weight excluding hydrogens is 368 g/mol. The van der Waals surface area contributed by atoms with E-state index in [1.165, 1.54) is 37.7 Å². The number of amides is 1. The van der Waals surface area contributed by atoms with E-state index in [0.717, 1.165) is 31.7 Å². The maximum absolute atomic E-state index is 13.3. The van der Waals surface area contributed by atoms with Crippen molar-refractivity contribution in [1.29, 1.82) is 0 Å². The van der Waals surface area contributed by atoms with E-state index in [2.05, 4.69) is 52.3 Å². The van der Waals surface area contributed by atoms with Gasteiger partial charge in [0.15, 0.2) is 0 Å². The standard InChI is InChI=1S/C27H32N2O/c30-26(15-14-22-10-4-1-5-11-22)29-20-24-19-28(18-23-12-6-2-7-13-23)21-25(24)27(29)16-8-3-9-17-27/h1-2,4-7,10-15,24-25H,3,8-9,16-21H2/b15-14+/t24-,25-/m1/s1. The molecule has 3 fully saturated rings. The minimum atomic E-state index is 0.0759. The third-order valence-electron chi connectivity index (χ3n) is 7.61. The Morgan fingerprint density at radius 2 is 1.60 bits per heavy atom. The number of likely N-dealkylation sites (tertiary alicyclic amines) is 2. The average molecular weight is 401 g/mol. The van der Waals surface area contributed by atoms with Crippen LogP contribution in [-0.4, -0.2) is 40.9 Å². The van der Waals surface area contributed by atoms with Crippen LogP contribution in [0, 0.1) is 11.8 Å². The van der Waals surface area contributed by atoms with Crippen LogP contribution in [-0.2, 0) is 11.3 Å². The number of carbonyl (C=O) groups excluding carboxylic acids is 1. The summed E-state index contributed by atoms with van der Waals surface area (Å²) in [5.74, 6) is 1.45. The first-order valence-corrected chi connectivity index (χ1v) is 11.6. The molecule has 2 aromatic rings. The van der Waals surface area contributed by atoms with Crippen LogP contribution in [0.2, 0.25) is 0 Å². The van der Waals surface area contributed by atoms with Gasteiger partial charge in [-0.15, -0.1) is 0 Å². The molecule has 3 heteroatoms. The minimum absolute atomic E-state index is 0.0759. The normalized spacial score (nSPS) is 25.8. The minimum Gasteiger partial charge on any atom is -0.333 e. The summed E-state index contributed by atoms with van der Waals surface area (Å²) in [6.07, 6.45) is 9.98. The first-order chi connectivity index (χ1) is 14.7. The van der Waals surface area contributed by atoms with Crippen molar-refractivity contribution < 1.29 is 4.79 Å². The fourth-order valence-electron chi connectivity index (χ4n) is 6.28. The van der Waals surface area contributed by atoms with Crippen molar-refractivity contribution in [1.82, 2.24) is 9.80 Å². The monoisotopic (exact) mass is 400 g/mol. The predicted octanol–water partition coefficient (Wildman–Crippen LogP) is 4.99. The van der Waals surface area contributed by atoms with Crippen molar-refractivity contribution in [2.24, 2.45) is 11.8 Å². The van der Waals surface area contributed by atoms with Gasteiger partial charge in [-0.25, -0.2) is 0 Å². The van der Waals surface area contributed by atoms with Gasteiger partial charge in [-0.1, -0.05) is 79.9 Å². The van der Waals surface area contributed by atoms with Crippen LogP contribution in [0.3, 0.4) is 0 Å². The fourth-order valence-corrected chi connectivity index (χ4v) is 6.28. The summed E-state index contributed by atoms with van der Waals surface area (Å²) in [7, 11) is 0. The quantitative estimate of drug-likeness (QED) is 0.675.